The van der Waals surface area contributed by atoms with Crippen LogP contribution in [-0.4, -0.2) is 30.4 Å². The van der Waals surface area contributed by atoms with Crippen LogP contribution in [0.4, 0.5) is 14.6 Å². The van der Waals surface area contributed by atoms with Gasteiger partial charge in [-0.2, -0.15) is 5.10 Å². The van der Waals surface area contributed by atoms with Crippen molar-refractivity contribution in [2.75, 3.05) is 11.9 Å². The third kappa shape index (κ3) is 5.11. The number of aromatic nitrogens is 2. The van der Waals surface area contributed by atoms with Crippen LogP contribution in [0.3, 0.4) is 0 Å². The molecule has 1 N–H and O–H groups in total. The Hall–Kier alpha value is -1.32. The minimum Gasteiger partial charge on any atom is -0.360 e. The van der Waals surface area contributed by atoms with Gasteiger partial charge in [0.2, 0.25) is 5.91 Å². The van der Waals surface area contributed by atoms with Crippen LogP contribution in [0.1, 0.15) is 19.8 Å². The van der Waals surface area contributed by atoms with Crippen LogP contribution in [0, 0.1) is 11.6 Å². The lowest BCUT2D eigenvalue weighted by Gasteiger charge is -2.15. The summed E-state index contributed by atoms with van der Waals surface area (Å²) in [6.07, 6.45) is 1.00. The quantitative estimate of drug-likeness (QED) is 0.346. The van der Waals surface area contributed by atoms with E-state index < -0.39 is 19.7 Å². The normalized spacial score (nSPS) is 12.0. The summed E-state index contributed by atoms with van der Waals surface area (Å²) in [5, 5.41) is 7.23. The number of halogens is 3. The highest BCUT2D eigenvalue weighted by molar-refractivity contribution is 9.10. The fourth-order valence-corrected chi connectivity index (χ4v) is 3.54. The van der Waals surface area contributed by atoms with E-state index in [-0.39, 0.29) is 28.4 Å². The molecule has 0 saturated heterocycles. The molecule has 144 valence electrons. The number of ether oxygens (including phenoxy) is 1. The Balaban J connectivity index is 2.33. The maximum Gasteiger partial charge on any atom is 0.225 e. The summed E-state index contributed by atoms with van der Waals surface area (Å²) in [4.78, 5) is 11.9. The summed E-state index contributed by atoms with van der Waals surface area (Å²) in [5.41, 5.74) is -0.0227. The fourth-order valence-electron chi connectivity index (χ4n) is 2.38. The van der Waals surface area contributed by atoms with E-state index in [0.29, 0.717) is 24.8 Å². The van der Waals surface area contributed by atoms with Crippen LogP contribution >= 0.6 is 15.9 Å². The molecule has 0 fully saturated rings. The number of anilines is 1. The lowest BCUT2D eigenvalue weighted by Crippen LogP contribution is -2.22. The van der Waals surface area contributed by atoms with Gasteiger partial charge in [0.15, 0.2) is 17.5 Å². The highest BCUT2D eigenvalue weighted by Crippen LogP contribution is 2.32. The predicted molar refractivity (Wildman–Crippen MR) is 105 cm³/mol. The van der Waals surface area contributed by atoms with E-state index in [1.54, 1.807) is 0 Å². The molecule has 2 rings (SSSR count). The molecule has 1 amide bonds. The Bertz CT molecular complexity index is 806. The van der Waals surface area contributed by atoms with Crippen LogP contribution < -0.4 is 5.32 Å². The minimum atomic E-state index is -1.25. The maximum absolute atomic E-state index is 14.5. The van der Waals surface area contributed by atoms with Crippen molar-refractivity contribution in [2.45, 2.75) is 52.2 Å². The van der Waals surface area contributed by atoms with Gasteiger partial charge in [0.1, 0.15) is 12.2 Å². The molecule has 0 bridgehead atoms. The average Bonchev–Trinajstić information content (AvgIpc) is 2.86. The van der Waals surface area contributed by atoms with Gasteiger partial charge >= 0.3 is 0 Å². The molecule has 26 heavy (non-hydrogen) atoms. The van der Waals surface area contributed by atoms with Gasteiger partial charge in [-0.25, -0.2) is 13.5 Å². The standard InChI is InChI=1S/C17H24BrF2N3O2Si/c1-5-6-13(24)21-17-11-9-12(18)14(19)15(20)16(11)23(22-17)10-25-7-8-26(2,3)4/h9H,5-8,10H2,1-4H3,(H,21,22,24). The van der Waals surface area contributed by atoms with Crippen molar-refractivity contribution >= 4 is 46.6 Å². The number of hydrogen-bond donors (Lipinski definition) is 1. The van der Waals surface area contributed by atoms with Gasteiger partial charge in [-0.05, 0) is 34.5 Å². The second kappa shape index (κ2) is 8.58. The van der Waals surface area contributed by atoms with Gasteiger partial charge in [0, 0.05) is 26.5 Å². The molecule has 2 aromatic rings. The topological polar surface area (TPSA) is 56.2 Å². The smallest absolute Gasteiger partial charge is 0.225 e. The number of nitrogens with zero attached hydrogens (tertiary/aromatic N) is 2. The van der Waals surface area contributed by atoms with Crippen LogP contribution in [0.2, 0.25) is 25.7 Å². The zero-order valence-electron chi connectivity index (χ0n) is 15.5. The van der Waals surface area contributed by atoms with Crippen molar-refractivity contribution in [3.8, 4) is 0 Å². The Labute approximate surface area is 161 Å². The average molecular weight is 448 g/mol. The van der Waals surface area contributed by atoms with E-state index in [9.17, 15) is 13.6 Å². The number of nitrogens with one attached hydrogen (secondary N) is 1. The third-order valence-electron chi connectivity index (χ3n) is 3.82. The third-order valence-corrected chi connectivity index (χ3v) is 6.10. The van der Waals surface area contributed by atoms with Gasteiger partial charge in [0.05, 0.1) is 4.47 Å². The Morgan fingerprint density at radius 3 is 2.65 bits per heavy atom. The number of fused-ring (bicyclic) bond motifs is 1. The number of amides is 1. The summed E-state index contributed by atoms with van der Waals surface area (Å²) in [6.45, 7) is 9.08. The van der Waals surface area contributed by atoms with Crippen LogP contribution in [0.15, 0.2) is 10.5 Å². The molecule has 0 aliphatic rings. The molecule has 5 nitrogen and oxygen atoms in total. The number of carbonyl (C=O) groups is 1. The first-order chi connectivity index (χ1) is 12.1. The molecular weight excluding hydrogens is 424 g/mol. The lowest BCUT2D eigenvalue weighted by molar-refractivity contribution is -0.116. The van der Waals surface area contributed by atoms with E-state index in [4.69, 9.17) is 4.74 Å². The van der Waals surface area contributed by atoms with Crippen molar-refractivity contribution in [1.29, 1.82) is 0 Å². The molecule has 0 aliphatic heterocycles. The summed E-state index contributed by atoms with van der Waals surface area (Å²) in [7, 11) is -1.25. The number of hydrogen-bond acceptors (Lipinski definition) is 3. The highest BCUT2D eigenvalue weighted by atomic mass is 79.9. The molecule has 0 radical (unpaired) electrons. The van der Waals surface area contributed by atoms with E-state index in [1.807, 2.05) is 6.92 Å². The maximum atomic E-state index is 14.5. The van der Waals surface area contributed by atoms with Crippen LogP contribution in [0.5, 0.6) is 0 Å². The molecule has 0 saturated carbocycles. The van der Waals surface area contributed by atoms with Crippen molar-refractivity contribution < 1.29 is 18.3 Å². The van der Waals surface area contributed by atoms with E-state index in [2.05, 4.69) is 46.0 Å². The van der Waals surface area contributed by atoms with Crippen molar-refractivity contribution in [1.82, 2.24) is 9.78 Å². The number of benzene rings is 1. The van der Waals surface area contributed by atoms with Crippen molar-refractivity contribution in [3.63, 3.8) is 0 Å². The van der Waals surface area contributed by atoms with E-state index in [1.165, 1.54) is 10.7 Å². The van der Waals surface area contributed by atoms with Gasteiger partial charge < -0.3 is 10.1 Å². The SMILES string of the molecule is CCCC(=O)Nc1nn(COCC[Si](C)(C)C)c2c(F)c(F)c(Br)cc12. The zero-order chi connectivity index (χ0) is 19.5. The molecule has 0 atom stereocenters. The first-order valence-corrected chi connectivity index (χ1v) is 13.1. The summed E-state index contributed by atoms with van der Waals surface area (Å²) < 4.78 is 35.3. The monoisotopic (exact) mass is 447 g/mol. The summed E-state index contributed by atoms with van der Waals surface area (Å²) in [6, 6.07) is 2.37. The van der Waals surface area contributed by atoms with Gasteiger partial charge in [-0.15, -0.1) is 0 Å². The molecule has 0 unspecified atom stereocenters. The molecule has 1 aromatic heterocycles. The van der Waals surface area contributed by atoms with Crippen molar-refractivity contribution in [3.05, 3.63) is 22.2 Å². The van der Waals surface area contributed by atoms with Crippen LogP contribution in [0.25, 0.3) is 10.9 Å². The predicted octanol–water partition coefficient (Wildman–Crippen LogP) is 5.13. The molecular formula is C17H24BrF2N3O2Si. The second-order valence-electron chi connectivity index (χ2n) is 7.38. The highest BCUT2D eigenvalue weighted by Gasteiger charge is 2.21. The zero-order valence-corrected chi connectivity index (χ0v) is 18.0. The van der Waals surface area contributed by atoms with Crippen molar-refractivity contribution in [2.24, 2.45) is 0 Å². The molecule has 9 heteroatoms. The number of carbonyl (C=O) groups excluding carboxylic acids is 1. The van der Waals surface area contributed by atoms with Gasteiger partial charge in [0.25, 0.3) is 0 Å². The Morgan fingerprint density at radius 1 is 1.35 bits per heavy atom. The largest absolute Gasteiger partial charge is 0.360 e. The van der Waals surface area contributed by atoms with Gasteiger partial charge in [-0.3, -0.25) is 4.79 Å². The first-order valence-electron chi connectivity index (χ1n) is 8.55. The van der Waals surface area contributed by atoms with Crippen LogP contribution in [-0.2, 0) is 16.3 Å². The second-order valence-corrected chi connectivity index (χ2v) is 13.9. The molecule has 1 aromatic carbocycles. The fraction of sp³-hybridized carbons (Fsp3) is 0.529. The Morgan fingerprint density at radius 2 is 2.04 bits per heavy atom. The number of rotatable bonds is 8. The van der Waals surface area contributed by atoms with E-state index in [0.717, 1.165) is 6.04 Å². The molecule has 0 aliphatic carbocycles. The molecule has 0 spiro atoms. The lowest BCUT2D eigenvalue weighted by atomic mass is 10.2. The van der Waals surface area contributed by atoms with E-state index >= 15 is 0 Å². The summed E-state index contributed by atoms with van der Waals surface area (Å²) >= 11 is 3.00. The summed E-state index contributed by atoms with van der Waals surface area (Å²) in [5.74, 6) is -2.04. The Kier molecular flexibility index (Phi) is 6.92. The minimum absolute atomic E-state index is 0.0113. The first kappa shape index (κ1) is 21.0. The van der Waals surface area contributed by atoms with Gasteiger partial charge in [-0.1, -0.05) is 26.6 Å². The molecule has 1 heterocycles.